The fourth-order valence-corrected chi connectivity index (χ4v) is 3.83. The van der Waals surface area contributed by atoms with Gasteiger partial charge in [-0.05, 0) is 24.1 Å². The number of halogens is 1. The van der Waals surface area contributed by atoms with Crippen molar-refractivity contribution in [1.29, 1.82) is 0 Å². The van der Waals surface area contributed by atoms with Crippen molar-refractivity contribution in [3.8, 4) is 11.5 Å². The Morgan fingerprint density at radius 3 is 2.39 bits per heavy atom. The van der Waals surface area contributed by atoms with Crippen molar-refractivity contribution in [3.05, 3.63) is 22.2 Å². The van der Waals surface area contributed by atoms with E-state index in [1.54, 1.807) is 14.2 Å². The zero-order chi connectivity index (χ0) is 16.7. The van der Waals surface area contributed by atoms with Crippen molar-refractivity contribution in [2.24, 2.45) is 0 Å². The van der Waals surface area contributed by atoms with Crippen molar-refractivity contribution >= 4 is 15.9 Å². The molecular weight excluding hydrogens is 356 g/mol. The van der Waals surface area contributed by atoms with Crippen LogP contribution >= 0.6 is 15.9 Å². The van der Waals surface area contributed by atoms with Crippen LogP contribution in [0.25, 0.3) is 0 Å². The molecule has 0 saturated carbocycles. The van der Waals surface area contributed by atoms with Gasteiger partial charge in [0.25, 0.3) is 0 Å². The highest BCUT2D eigenvalue weighted by Gasteiger charge is 2.25. The van der Waals surface area contributed by atoms with Crippen molar-refractivity contribution in [3.63, 3.8) is 0 Å². The van der Waals surface area contributed by atoms with E-state index in [0.29, 0.717) is 6.04 Å². The molecule has 1 N–H and O–H groups in total. The molecule has 0 amide bonds. The summed E-state index contributed by atoms with van der Waals surface area (Å²) in [5.41, 5.74) is 1.31. The van der Waals surface area contributed by atoms with E-state index in [1.165, 1.54) is 31.2 Å². The number of hydrogen-bond donors (Lipinski definition) is 1. The van der Waals surface area contributed by atoms with E-state index in [1.807, 2.05) is 6.07 Å². The summed E-state index contributed by atoms with van der Waals surface area (Å²) in [6.07, 6.45) is 4.97. The van der Waals surface area contributed by atoms with Crippen LogP contribution in [0.15, 0.2) is 16.6 Å². The average molecular weight is 385 g/mol. The molecular formula is C18H29BrN2O2. The molecule has 1 atom stereocenters. The minimum atomic E-state index is 0.429. The third-order valence-corrected chi connectivity index (χ3v) is 5.22. The summed E-state index contributed by atoms with van der Waals surface area (Å²) in [4.78, 5) is 2.60. The third-order valence-electron chi connectivity index (χ3n) is 4.54. The summed E-state index contributed by atoms with van der Waals surface area (Å²) in [6.45, 7) is 6.58. The molecule has 5 heteroatoms. The highest BCUT2D eigenvalue weighted by molar-refractivity contribution is 9.10. The first-order valence-corrected chi connectivity index (χ1v) is 9.36. The van der Waals surface area contributed by atoms with Crippen LogP contribution in [0.3, 0.4) is 0 Å². The first-order chi connectivity index (χ1) is 11.2. The molecule has 0 aliphatic carbocycles. The van der Waals surface area contributed by atoms with E-state index >= 15 is 0 Å². The first kappa shape index (κ1) is 18.6. The molecule has 1 aliphatic rings. The largest absolute Gasteiger partial charge is 0.493 e. The Labute approximate surface area is 148 Å². The topological polar surface area (TPSA) is 33.7 Å². The monoisotopic (exact) mass is 384 g/mol. The molecule has 1 aromatic carbocycles. The minimum absolute atomic E-state index is 0.429. The molecule has 1 aliphatic heterocycles. The molecule has 2 rings (SSSR count). The standard InChI is InChI=1S/C18H29BrN2O2/c1-4-5-6-7-16(21-10-8-20-9-11-21)14-12-17(22-2)18(23-3)13-15(14)19/h12-13,16,20H,4-11H2,1-3H3/t16-/m0/s1. The number of unbranched alkanes of at least 4 members (excludes halogenated alkanes) is 2. The maximum atomic E-state index is 5.52. The highest BCUT2D eigenvalue weighted by atomic mass is 79.9. The van der Waals surface area contributed by atoms with E-state index in [2.05, 4.69) is 39.1 Å². The minimum Gasteiger partial charge on any atom is -0.493 e. The number of rotatable bonds is 8. The molecule has 0 bridgehead atoms. The highest BCUT2D eigenvalue weighted by Crippen LogP contribution is 2.39. The third kappa shape index (κ3) is 4.85. The Morgan fingerprint density at radius 2 is 1.78 bits per heavy atom. The Bertz CT molecular complexity index is 490. The first-order valence-electron chi connectivity index (χ1n) is 8.57. The lowest BCUT2D eigenvalue weighted by Gasteiger charge is -2.36. The van der Waals surface area contributed by atoms with Crippen LogP contribution in [0.4, 0.5) is 0 Å². The molecule has 1 saturated heterocycles. The molecule has 0 unspecified atom stereocenters. The summed E-state index contributed by atoms with van der Waals surface area (Å²) in [7, 11) is 3.38. The second-order valence-electron chi connectivity index (χ2n) is 6.03. The Kier molecular flexibility index (Phi) is 7.66. The van der Waals surface area contributed by atoms with Gasteiger partial charge in [-0.15, -0.1) is 0 Å². The lowest BCUT2D eigenvalue weighted by Crippen LogP contribution is -2.45. The second-order valence-corrected chi connectivity index (χ2v) is 6.88. The van der Waals surface area contributed by atoms with Crippen LogP contribution < -0.4 is 14.8 Å². The van der Waals surface area contributed by atoms with Gasteiger partial charge in [0.15, 0.2) is 11.5 Å². The van der Waals surface area contributed by atoms with E-state index in [-0.39, 0.29) is 0 Å². The summed E-state index contributed by atoms with van der Waals surface area (Å²) in [5, 5.41) is 3.45. The number of methoxy groups -OCH3 is 2. The van der Waals surface area contributed by atoms with E-state index in [0.717, 1.165) is 42.2 Å². The Morgan fingerprint density at radius 1 is 1.13 bits per heavy atom. The van der Waals surface area contributed by atoms with Crippen LogP contribution in [0.2, 0.25) is 0 Å². The molecule has 0 aromatic heterocycles. The number of nitrogens with one attached hydrogen (secondary N) is 1. The van der Waals surface area contributed by atoms with Gasteiger partial charge in [0.05, 0.1) is 14.2 Å². The summed E-state index contributed by atoms with van der Waals surface area (Å²) in [5.74, 6) is 1.58. The lowest BCUT2D eigenvalue weighted by atomic mass is 9.97. The molecule has 1 heterocycles. The smallest absolute Gasteiger partial charge is 0.161 e. The van der Waals surface area contributed by atoms with Crippen LogP contribution in [0.5, 0.6) is 11.5 Å². The van der Waals surface area contributed by atoms with Gasteiger partial charge in [-0.1, -0.05) is 42.1 Å². The fraction of sp³-hybridized carbons (Fsp3) is 0.667. The zero-order valence-corrected chi connectivity index (χ0v) is 16.1. The number of ether oxygens (including phenoxy) is 2. The molecule has 23 heavy (non-hydrogen) atoms. The second kappa shape index (κ2) is 9.50. The molecule has 1 aromatic rings. The Hall–Kier alpha value is -0.780. The van der Waals surface area contributed by atoms with E-state index in [4.69, 9.17) is 9.47 Å². The molecule has 0 radical (unpaired) electrons. The lowest BCUT2D eigenvalue weighted by molar-refractivity contribution is 0.162. The predicted octanol–water partition coefficient (Wildman–Crippen LogP) is 3.99. The zero-order valence-electron chi connectivity index (χ0n) is 14.5. The number of benzene rings is 1. The summed E-state index contributed by atoms with van der Waals surface area (Å²) < 4.78 is 12.0. The van der Waals surface area contributed by atoms with Gasteiger partial charge >= 0.3 is 0 Å². The SMILES string of the molecule is CCCCC[C@@H](c1cc(OC)c(OC)cc1Br)N1CCNCC1. The van der Waals surface area contributed by atoms with E-state index < -0.39 is 0 Å². The van der Waals surface area contributed by atoms with Gasteiger partial charge in [-0.2, -0.15) is 0 Å². The van der Waals surface area contributed by atoms with Gasteiger partial charge in [0.1, 0.15) is 0 Å². The van der Waals surface area contributed by atoms with Gasteiger partial charge in [-0.3, -0.25) is 4.90 Å². The normalized spacial score (nSPS) is 17.0. The van der Waals surface area contributed by atoms with Crippen molar-refractivity contribution in [2.75, 3.05) is 40.4 Å². The quantitative estimate of drug-likeness (QED) is 0.686. The van der Waals surface area contributed by atoms with Crippen LogP contribution in [0.1, 0.15) is 44.2 Å². The van der Waals surface area contributed by atoms with Gasteiger partial charge in [0, 0.05) is 36.7 Å². The van der Waals surface area contributed by atoms with Crippen LogP contribution in [0, 0.1) is 0 Å². The van der Waals surface area contributed by atoms with Crippen LogP contribution in [-0.2, 0) is 0 Å². The van der Waals surface area contributed by atoms with Crippen molar-refractivity contribution in [1.82, 2.24) is 10.2 Å². The van der Waals surface area contributed by atoms with Crippen molar-refractivity contribution in [2.45, 2.75) is 38.6 Å². The van der Waals surface area contributed by atoms with E-state index in [9.17, 15) is 0 Å². The maximum Gasteiger partial charge on any atom is 0.161 e. The summed E-state index contributed by atoms with van der Waals surface area (Å²) in [6, 6.07) is 4.60. The average Bonchev–Trinajstić information content (AvgIpc) is 2.60. The number of piperazine rings is 1. The molecule has 4 nitrogen and oxygen atoms in total. The van der Waals surface area contributed by atoms with Gasteiger partial charge in [0.2, 0.25) is 0 Å². The fourth-order valence-electron chi connectivity index (χ4n) is 3.24. The number of nitrogens with zero attached hydrogens (tertiary/aromatic N) is 1. The molecule has 130 valence electrons. The Balaban J connectivity index is 2.29. The van der Waals surface area contributed by atoms with Crippen molar-refractivity contribution < 1.29 is 9.47 Å². The molecule has 1 fully saturated rings. The van der Waals surface area contributed by atoms with Crippen LogP contribution in [-0.4, -0.2) is 45.3 Å². The summed E-state index contributed by atoms with van der Waals surface area (Å²) >= 11 is 3.75. The van der Waals surface area contributed by atoms with Gasteiger partial charge < -0.3 is 14.8 Å². The maximum absolute atomic E-state index is 5.52. The molecule has 0 spiro atoms. The van der Waals surface area contributed by atoms with Gasteiger partial charge in [-0.25, -0.2) is 0 Å². The predicted molar refractivity (Wildman–Crippen MR) is 98.6 cm³/mol. The number of hydrogen-bond acceptors (Lipinski definition) is 4.